The summed E-state index contributed by atoms with van der Waals surface area (Å²) in [6, 6.07) is 10.9. The normalized spacial score (nSPS) is 21.8. The van der Waals surface area contributed by atoms with E-state index in [1.807, 2.05) is 12.1 Å². The molecule has 1 amide bonds. The molecule has 0 saturated carbocycles. The lowest BCUT2D eigenvalue weighted by Gasteiger charge is -2.39. The van der Waals surface area contributed by atoms with Crippen molar-refractivity contribution in [3.8, 4) is 0 Å². The molecule has 158 valence electrons. The third kappa shape index (κ3) is 3.65. The van der Waals surface area contributed by atoms with Gasteiger partial charge >= 0.3 is 6.18 Å². The van der Waals surface area contributed by atoms with Crippen LogP contribution < -0.4 is 0 Å². The first-order valence-corrected chi connectivity index (χ1v) is 9.99. The minimum Gasteiger partial charge on any atom is -0.374 e. The van der Waals surface area contributed by atoms with Crippen LogP contribution in [0.4, 0.5) is 13.2 Å². The van der Waals surface area contributed by atoms with Gasteiger partial charge in [-0.05, 0) is 29.3 Å². The number of carbonyl (C=O) groups is 1. The predicted octanol–water partition coefficient (Wildman–Crippen LogP) is 5.52. The lowest BCUT2D eigenvalue weighted by Crippen LogP contribution is -2.47. The van der Waals surface area contributed by atoms with E-state index in [2.05, 4.69) is 5.16 Å². The van der Waals surface area contributed by atoms with E-state index in [9.17, 15) is 18.0 Å². The van der Waals surface area contributed by atoms with E-state index in [0.717, 1.165) is 5.56 Å². The first-order valence-electron chi connectivity index (χ1n) is 9.23. The maximum Gasteiger partial charge on any atom is 0.435 e. The van der Waals surface area contributed by atoms with Crippen LogP contribution in [-0.4, -0.2) is 35.8 Å². The molecule has 2 aromatic rings. The lowest BCUT2D eigenvalue weighted by atomic mass is 9.85. The Morgan fingerprint density at radius 2 is 1.73 bits per heavy atom. The average Bonchev–Trinajstić information content (AvgIpc) is 3.06. The molecule has 1 atom stereocenters. The fourth-order valence-corrected chi connectivity index (χ4v) is 4.27. The molecule has 2 aromatic carbocycles. The second-order valence-electron chi connectivity index (χ2n) is 7.53. The highest BCUT2D eigenvalue weighted by Gasteiger charge is 2.62. The van der Waals surface area contributed by atoms with Gasteiger partial charge in [0.2, 0.25) is 5.91 Å². The molecule has 0 aromatic heterocycles. The number of amides is 1. The maximum atomic E-state index is 14.1. The molecule has 9 heteroatoms. The highest BCUT2D eigenvalue weighted by atomic mass is 35.5. The summed E-state index contributed by atoms with van der Waals surface area (Å²) in [4.78, 5) is 18.1. The van der Waals surface area contributed by atoms with Crippen LogP contribution in [0, 0.1) is 0 Å². The number of hydrogen-bond donors (Lipinski definition) is 0. The quantitative estimate of drug-likeness (QED) is 0.609. The lowest BCUT2D eigenvalue weighted by molar-refractivity contribution is -0.275. The summed E-state index contributed by atoms with van der Waals surface area (Å²) in [5.74, 6) is 0.262. The third-order valence-corrected chi connectivity index (χ3v) is 5.99. The minimum absolute atomic E-state index is 0.0324. The third-order valence-electron chi connectivity index (χ3n) is 5.56. The zero-order valence-corrected chi connectivity index (χ0v) is 17.4. The fourth-order valence-electron chi connectivity index (χ4n) is 3.74. The van der Waals surface area contributed by atoms with Gasteiger partial charge in [-0.3, -0.25) is 4.79 Å². The van der Waals surface area contributed by atoms with E-state index in [0.29, 0.717) is 18.7 Å². The van der Waals surface area contributed by atoms with Crippen LogP contribution in [0.15, 0.2) is 47.6 Å². The van der Waals surface area contributed by atoms with Crippen LogP contribution in [0.3, 0.4) is 0 Å². The van der Waals surface area contributed by atoms with Crippen LogP contribution in [0.5, 0.6) is 0 Å². The average molecular weight is 457 g/mol. The molecule has 0 bridgehead atoms. The highest BCUT2D eigenvalue weighted by Crippen LogP contribution is 2.49. The van der Waals surface area contributed by atoms with Gasteiger partial charge < -0.3 is 9.74 Å². The van der Waals surface area contributed by atoms with Crippen molar-refractivity contribution in [2.45, 2.75) is 31.0 Å². The SMILES string of the molecule is CC(=O)N1CC(c2ccc(C3=NOC(c4cc(Cl)cc(Cl)c4)(C(F)(F)F)C3)cc2)C1. The van der Waals surface area contributed by atoms with Gasteiger partial charge in [0.05, 0.1) is 5.71 Å². The van der Waals surface area contributed by atoms with E-state index >= 15 is 0 Å². The number of likely N-dealkylation sites (tertiary alicyclic amines) is 1. The highest BCUT2D eigenvalue weighted by molar-refractivity contribution is 6.34. The molecule has 1 unspecified atom stereocenters. The topological polar surface area (TPSA) is 41.9 Å². The van der Waals surface area contributed by atoms with Gasteiger partial charge in [0.1, 0.15) is 0 Å². The smallest absolute Gasteiger partial charge is 0.374 e. The van der Waals surface area contributed by atoms with Crippen molar-refractivity contribution in [2.75, 3.05) is 13.1 Å². The molecule has 2 heterocycles. The molecule has 0 radical (unpaired) electrons. The predicted molar refractivity (Wildman–Crippen MR) is 108 cm³/mol. The second-order valence-corrected chi connectivity index (χ2v) is 8.40. The van der Waals surface area contributed by atoms with Gasteiger partial charge in [-0.25, -0.2) is 0 Å². The number of nitrogens with zero attached hydrogens (tertiary/aromatic N) is 2. The first kappa shape index (κ1) is 21.0. The fraction of sp³-hybridized carbons (Fsp3) is 0.333. The zero-order valence-electron chi connectivity index (χ0n) is 15.8. The number of alkyl halides is 3. The Morgan fingerprint density at radius 3 is 2.27 bits per heavy atom. The van der Waals surface area contributed by atoms with E-state index < -0.39 is 18.2 Å². The van der Waals surface area contributed by atoms with E-state index in [1.54, 1.807) is 17.0 Å². The molecule has 0 N–H and O–H groups in total. The Kier molecular flexibility index (Phi) is 5.22. The molecule has 1 fully saturated rings. The zero-order chi connectivity index (χ0) is 21.7. The minimum atomic E-state index is -4.73. The van der Waals surface area contributed by atoms with Crippen molar-refractivity contribution in [3.63, 3.8) is 0 Å². The number of carbonyl (C=O) groups excluding carboxylic acids is 1. The van der Waals surface area contributed by atoms with Crippen molar-refractivity contribution in [1.29, 1.82) is 0 Å². The van der Waals surface area contributed by atoms with Crippen LogP contribution >= 0.6 is 23.2 Å². The van der Waals surface area contributed by atoms with Gasteiger partial charge in [-0.2, -0.15) is 13.2 Å². The molecule has 4 rings (SSSR count). The summed E-state index contributed by atoms with van der Waals surface area (Å²) in [6.07, 6.45) is -5.22. The Hall–Kier alpha value is -2.25. The molecular weight excluding hydrogens is 440 g/mol. The van der Waals surface area contributed by atoms with Crippen LogP contribution in [0.25, 0.3) is 0 Å². The Morgan fingerprint density at radius 1 is 1.13 bits per heavy atom. The monoisotopic (exact) mass is 456 g/mol. The van der Waals surface area contributed by atoms with Crippen molar-refractivity contribution in [1.82, 2.24) is 4.90 Å². The standard InChI is InChI=1S/C21H17Cl2F3N2O2/c1-12(29)28-10-15(11-28)13-2-4-14(5-3-13)19-9-20(30-27-19,21(24,25)26)16-6-17(22)8-18(23)7-16/h2-8,15H,9-11H2,1H3. The van der Waals surface area contributed by atoms with Crippen molar-refractivity contribution >= 4 is 34.8 Å². The largest absolute Gasteiger partial charge is 0.435 e. The number of oxime groups is 1. The molecule has 0 aliphatic carbocycles. The molecule has 0 spiro atoms. The van der Waals surface area contributed by atoms with Crippen LogP contribution in [0.1, 0.15) is 36.0 Å². The number of benzene rings is 2. The second kappa shape index (κ2) is 7.46. The summed E-state index contributed by atoms with van der Waals surface area (Å²) in [6.45, 7) is 2.81. The van der Waals surface area contributed by atoms with E-state index in [-0.39, 0.29) is 33.1 Å². The molecule has 2 aliphatic rings. The summed E-state index contributed by atoms with van der Waals surface area (Å²) in [5.41, 5.74) is -1.08. The maximum absolute atomic E-state index is 14.1. The Labute approximate surface area is 181 Å². The Balaban J connectivity index is 1.56. The van der Waals surface area contributed by atoms with E-state index in [1.165, 1.54) is 25.1 Å². The van der Waals surface area contributed by atoms with Gasteiger partial charge in [0, 0.05) is 48.0 Å². The van der Waals surface area contributed by atoms with Gasteiger partial charge in [0.15, 0.2) is 0 Å². The van der Waals surface area contributed by atoms with Gasteiger partial charge in [-0.15, -0.1) is 0 Å². The van der Waals surface area contributed by atoms with Gasteiger partial charge in [0.25, 0.3) is 5.60 Å². The molecule has 30 heavy (non-hydrogen) atoms. The summed E-state index contributed by atoms with van der Waals surface area (Å²) in [5, 5.41) is 3.93. The molecule has 4 nitrogen and oxygen atoms in total. The van der Waals surface area contributed by atoms with E-state index in [4.69, 9.17) is 28.0 Å². The Bertz CT molecular complexity index is 998. The summed E-state index contributed by atoms with van der Waals surface area (Å²) in [7, 11) is 0. The number of rotatable bonds is 3. The van der Waals surface area contributed by atoms with Crippen molar-refractivity contribution < 1.29 is 22.8 Å². The molecular formula is C21H17Cl2F3N2O2. The number of hydrogen-bond acceptors (Lipinski definition) is 3. The molecule has 1 saturated heterocycles. The first-order chi connectivity index (χ1) is 14.1. The van der Waals surface area contributed by atoms with Gasteiger partial charge in [-0.1, -0.05) is 52.6 Å². The molecule has 2 aliphatic heterocycles. The van der Waals surface area contributed by atoms with Crippen molar-refractivity contribution in [3.05, 3.63) is 69.2 Å². The van der Waals surface area contributed by atoms with Crippen molar-refractivity contribution in [2.24, 2.45) is 5.16 Å². The van der Waals surface area contributed by atoms with Crippen LogP contribution in [0.2, 0.25) is 10.0 Å². The van der Waals surface area contributed by atoms with Crippen LogP contribution in [-0.2, 0) is 15.2 Å². The summed E-state index contributed by atoms with van der Waals surface area (Å²) >= 11 is 11.8. The number of halogens is 5. The summed E-state index contributed by atoms with van der Waals surface area (Å²) < 4.78 is 42.2.